The van der Waals surface area contributed by atoms with Gasteiger partial charge in [0.25, 0.3) is 5.91 Å². The molecule has 0 aliphatic rings. The van der Waals surface area contributed by atoms with Gasteiger partial charge in [0.05, 0.1) is 0 Å². The molecule has 0 saturated carbocycles. The van der Waals surface area contributed by atoms with Crippen molar-refractivity contribution in [2.45, 2.75) is 6.92 Å². The van der Waals surface area contributed by atoms with Gasteiger partial charge in [-0.05, 0) is 30.7 Å². The maximum absolute atomic E-state index is 11.5. The summed E-state index contributed by atoms with van der Waals surface area (Å²) in [6, 6.07) is 5.23. The molecule has 1 aromatic carbocycles. The number of halogens is 1. The topological polar surface area (TPSA) is 67.0 Å². The highest BCUT2D eigenvalue weighted by atomic mass is 35.5. The second-order valence-electron chi connectivity index (χ2n) is 3.69. The average Bonchev–Trinajstić information content (AvgIpc) is 2.83. The molecular weight excluding hydrogens is 254 g/mol. The monoisotopic (exact) mass is 265 g/mol. The third kappa shape index (κ3) is 3.24. The maximum atomic E-state index is 11.5. The van der Waals surface area contributed by atoms with Gasteiger partial charge in [-0.3, -0.25) is 10.1 Å². The summed E-state index contributed by atoms with van der Waals surface area (Å²) in [5, 5.41) is 3.23. The molecule has 0 aliphatic carbocycles. The second-order valence-corrected chi connectivity index (χ2v) is 4.09. The third-order valence-corrected chi connectivity index (χ3v) is 2.68. The van der Waals surface area contributed by atoms with E-state index in [9.17, 15) is 4.79 Å². The summed E-state index contributed by atoms with van der Waals surface area (Å²) in [4.78, 5) is 18.2. The van der Waals surface area contributed by atoms with Gasteiger partial charge in [-0.1, -0.05) is 11.6 Å². The number of aromatic nitrogens is 2. The minimum Gasteiger partial charge on any atom is -0.484 e. The number of benzene rings is 1. The van der Waals surface area contributed by atoms with Crippen molar-refractivity contribution in [3.63, 3.8) is 0 Å². The van der Waals surface area contributed by atoms with Gasteiger partial charge in [0.1, 0.15) is 5.75 Å². The van der Waals surface area contributed by atoms with E-state index in [1.54, 1.807) is 30.6 Å². The van der Waals surface area contributed by atoms with Crippen LogP contribution in [-0.2, 0) is 4.79 Å². The number of hydrogen-bond acceptors (Lipinski definition) is 3. The fourth-order valence-electron chi connectivity index (χ4n) is 1.36. The first-order valence-electron chi connectivity index (χ1n) is 5.33. The lowest BCUT2D eigenvalue weighted by Gasteiger charge is -2.07. The summed E-state index contributed by atoms with van der Waals surface area (Å²) in [7, 11) is 0. The maximum Gasteiger partial charge on any atom is 0.264 e. The number of H-pyrrole nitrogens is 1. The van der Waals surface area contributed by atoms with Gasteiger partial charge in [0, 0.05) is 17.4 Å². The van der Waals surface area contributed by atoms with Crippen LogP contribution in [0.2, 0.25) is 5.02 Å². The van der Waals surface area contributed by atoms with E-state index >= 15 is 0 Å². The first kappa shape index (κ1) is 12.4. The quantitative estimate of drug-likeness (QED) is 0.892. The number of hydrogen-bond donors (Lipinski definition) is 2. The van der Waals surface area contributed by atoms with Crippen molar-refractivity contribution in [2.24, 2.45) is 0 Å². The van der Waals surface area contributed by atoms with Crippen molar-refractivity contribution >= 4 is 23.5 Å². The van der Waals surface area contributed by atoms with Crippen LogP contribution in [0.4, 0.5) is 5.95 Å². The van der Waals surface area contributed by atoms with E-state index in [2.05, 4.69) is 15.3 Å². The predicted molar refractivity (Wildman–Crippen MR) is 68.9 cm³/mol. The normalized spacial score (nSPS) is 10.1. The molecule has 0 unspecified atom stereocenters. The highest BCUT2D eigenvalue weighted by molar-refractivity contribution is 6.31. The SMILES string of the molecule is Cc1cc(OCC(=O)Nc2ncc[nH]2)ccc1Cl. The second kappa shape index (κ2) is 5.55. The van der Waals surface area contributed by atoms with Crippen LogP contribution in [0.25, 0.3) is 0 Å². The lowest BCUT2D eigenvalue weighted by Crippen LogP contribution is -2.20. The Morgan fingerprint density at radius 2 is 2.39 bits per heavy atom. The van der Waals surface area contributed by atoms with Gasteiger partial charge in [-0.25, -0.2) is 4.98 Å². The number of carbonyl (C=O) groups excluding carboxylic acids is 1. The summed E-state index contributed by atoms with van der Waals surface area (Å²) in [6.07, 6.45) is 3.18. The van der Waals surface area contributed by atoms with Crippen molar-refractivity contribution < 1.29 is 9.53 Å². The number of imidazole rings is 1. The van der Waals surface area contributed by atoms with Gasteiger partial charge >= 0.3 is 0 Å². The molecule has 0 atom stereocenters. The molecule has 0 radical (unpaired) electrons. The molecule has 18 heavy (non-hydrogen) atoms. The molecule has 2 N–H and O–H groups in total. The number of aryl methyl sites for hydroxylation is 1. The van der Waals surface area contributed by atoms with Crippen LogP contribution in [-0.4, -0.2) is 22.5 Å². The van der Waals surface area contributed by atoms with Gasteiger partial charge in [-0.15, -0.1) is 0 Å². The highest BCUT2D eigenvalue weighted by Gasteiger charge is 2.05. The van der Waals surface area contributed by atoms with Crippen molar-refractivity contribution in [3.8, 4) is 5.75 Å². The zero-order chi connectivity index (χ0) is 13.0. The number of amides is 1. The van der Waals surface area contributed by atoms with E-state index in [-0.39, 0.29) is 12.5 Å². The van der Waals surface area contributed by atoms with Crippen LogP contribution in [0.5, 0.6) is 5.75 Å². The van der Waals surface area contributed by atoms with Crippen molar-refractivity contribution in [3.05, 3.63) is 41.2 Å². The number of aromatic amines is 1. The number of nitrogens with zero attached hydrogens (tertiary/aromatic N) is 1. The molecule has 2 aromatic rings. The number of rotatable bonds is 4. The highest BCUT2D eigenvalue weighted by Crippen LogP contribution is 2.20. The number of anilines is 1. The largest absolute Gasteiger partial charge is 0.484 e. The molecule has 2 rings (SSSR count). The minimum absolute atomic E-state index is 0.0816. The van der Waals surface area contributed by atoms with Gasteiger partial charge in [0.2, 0.25) is 5.95 Å². The van der Waals surface area contributed by atoms with Crippen molar-refractivity contribution in [2.75, 3.05) is 11.9 Å². The first-order chi connectivity index (χ1) is 8.65. The Kier molecular flexibility index (Phi) is 3.84. The smallest absolute Gasteiger partial charge is 0.264 e. The zero-order valence-corrected chi connectivity index (χ0v) is 10.5. The molecule has 0 aliphatic heterocycles. The van der Waals surface area contributed by atoms with E-state index in [0.717, 1.165) is 5.56 Å². The van der Waals surface area contributed by atoms with Crippen molar-refractivity contribution in [1.29, 1.82) is 0 Å². The Bertz CT molecular complexity index is 540. The summed E-state index contributed by atoms with van der Waals surface area (Å²) in [5.41, 5.74) is 0.903. The van der Waals surface area contributed by atoms with E-state index in [1.807, 2.05) is 6.92 Å². The summed E-state index contributed by atoms with van der Waals surface area (Å²) < 4.78 is 5.34. The first-order valence-corrected chi connectivity index (χ1v) is 5.71. The van der Waals surface area contributed by atoms with E-state index in [1.165, 1.54) is 0 Å². The molecule has 0 bridgehead atoms. The fourth-order valence-corrected chi connectivity index (χ4v) is 1.48. The molecule has 1 heterocycles. The summed E-state index contributed by atoms with van der Waals surface area (Å²) in [5.74, 6) is 0.722. The Labute approximate surface area is 109 Å². The molecule has 6 heteroatoms. The molecule has 1 amide bonds. The van der Waals surface area contributed by atoms with Crippen molar-refractivity contribution in [1.82, 2.24) is 9.97 Å². The van der Waals surface area contributed by atoms with Crippen LogP contribution in [0, 0.1) is 6.92 Å². The molecule has 5 nitrogen and oxygen atoms in total. The van der Waals surface area contributed by atoms with E-state index in [0.29, 0.717) is 16.7 Å². The molecule has 0 fully saturated rings. The van der Waals surface area contributed by atoms with Gasteiger partial charge < -0.3 is 9.72 Å². The minimum atomic E-state index is -0.280. The number of ether oxygens (including phenoxy) is 1. The molecule has 1 aromatic heterocycles. The van der Waals surface area contributed by atoms with E-state index < -0.39 is 0 Å². The molecular formula is C12H12ClN3O2. The van der Waals surface area contributed by atoms with Crippen LogP contribution >= 0.6 is 11.6 Å². The zero-order valence-electron chi connectivity index (χ0n) is 9.74. The predicted octanol–water partition coefficient (Wildman–Crippen LogP) is 2.39. The van der Waals surface area contributed by atoms with Crippen LogP contribution in [0.15, 0.2) is 30.6 Å². The summed E-state index contributed by atoms with van der Waals surface area (Å²) >= 11 is 5.89. The van der Waals surface area contributed by atoms with Gasteiger partial charge in [0.15, 0.2) is 6.61 Å². The van der Waals surface area contributed by atoms with Crippen LogP contribution < -0.4 is 10.1 Å². The average molecular weight is 266 g/mol. The lowest BCUT2D eigenvalue weighted by atomic mass is 10.2. The number of nitrogens with one attached hydrogen (secondary N) is 2. The standard InChI is InChI=1S/C12H12ClN3O2/c1-8-6-9(2-3-10(8)13)18-7-11(17)16-12-14-4-5-15-12/h2-6H,7H2,1H3,(H2,14,15,16,17). The Hall–Kier alpha value is -2.01. The fraction of sp³-hybridized carbons (Fsp3) is 0.167. The molecule has 0 spiro atoms. The molecule has 94 valence electrons. The Morgan fingerprint density at radius 3 is 3.06 bits per heavy atom. The Morgan fingerprint density at radius 1 is 1.56 bits per heavy atom. The van der Waals surface area contributed by atoms with Gasteiger partial charge in [-0.2, -0.15) is 0 Å². The Balaban J connectivity index is 1.87. The van der Waals surface area contributed by atoms with E-state index in [4.69, 9.17) is 16.3 Å². The number of carbonyl (C=O) groups is 1. The van der Waals surface area contributed by atoms with Crippen LogP contribution in [0.3, 0.4) is 0 Å². The lowest BCUT2D eigenvalue weighted by molar-refractivity contribution is -0.118. The summed E-state index contributed by atoms with van der Waals surface area (Å²) in [6.45, 7) is 1.79. The molecule has 0 saturated heterocycles. The van der Waals surface area contributed by atoms with Crippen LogP contribution in [0.1, 0.15) is 5.56 Å². The third-order valence-electron chi connectivity index (χ3n) is 2.26.